The van der Waals surface area contributed by atoms with Crippen LogP contribution < -0.4 is 5.73 Å². The van der Waals surface area contributed by atoms with Crippen molar-refractivity contribution in [3.63, 3.8) is 0 Å². The highest BCUT2D eigenvalue weighted by Crippen LogP contribution is 2.28. The van der Waals surface area contributed by atoms with Crippen molar-refractivity contribution in [2.75, 3.05) is 19.6 Å². The monoisotopic (exact) mass is 254 g/mol. The van der Waals surface area contributed by atoms with Crippen LogP contribution in [0.2, 0.25) is 0 Å². The highest BCUT2D eigenvalue weighted by atomic mass is 15.2. The first kappa shape index (κ1) is 16.0. The molecule has 1 atom stereocenters. The van der Waals surface area contributed by atoms with Gasteiger partial charge >= 0.3 is 0 Å². The van der Waals surface area contributed by atoms with E-state index in [0.717, 1.165) is 30.3 Å². The van der Waals surface area contributed by atoms with Gasteiger partial charge in [0.2, 0.25) is 0 Å². The molecule has 0 spiro atoms. The SMILES string of the molecule is CC(C)CCN(CCC(CN)CC(C)C)C1CC1. The van der Waals surface area contributed by atoms with Crippen LogP contribution in [0.5, 0.6) is 0 Å². The van der Waals surface area contributed by atoms with E-state index in [1.165, 1.54) is 45.2 Å². The molecule has 108 valence electrons. The molecule has 0 aromatic carbocycles. The van der Waals surface area contributed by atoms with Crippen molar-refractivity contribution >= 4 is 0 Å². The number of nitrogens with two attached hydrogens (primary N) is 1. The van der Waals surface area contributed by atoms with E-state index in [0.29, 0.717) is 0 Å². The quantitative estimate of drug-likeness (QED) is 0.646. The van der Waals surface area contributed by atoms with E-state index in [1.54, 1.807) is 0 Å². The van der Waals surface area contributed by atoms with Gasteiger partial charge in [0.25, 0.3) is 0 Å². The lowest BCUT2D eigenvalue weighted by Gasteiger charge is -2.26. The number of hydrogen-bond acceptors (Lipinski definition) is 2. The van der Waals surface area contributed by atoms with Gasteiger partial charge in [-0.1, -0.05) is 27.7 Å². The fourth-order valence-electron chi connectivity index (χ4n) is 2.69. The molecule has 2 nitrogen and oxygen atoms in total. The minimum absolute atomic E-state index is 0.727. The number of hydrogen-bond donors (Lipinski definition) is 1. The maximum absolute atomic E-state index is 5.90. The molecule has 0 aromatic heterocycles. The van der Waals surface area contributed by atoms with Gasteiger partial charge in [0, 0.05) is 6.04 Å². The molecule has 18 heavy (non-hydrogen) atoms. The van der Waals surface area contributed by atoms with Crippen molar-refractivity contribution in [3.8, 4) is 0 Å². The average Bonchev–Trinajstić information content (AvgIpc) is 3.10. The summed E-state index contributed by atoms with van der Waals surface area (Å²) in [6, 6.07) is 0.904. The summed E-state index contributed by atoms with van der Waals surface area (Å²) < 4.78 is 0. The van der Waals surface area contributed by atoms with E-state index in [2.05, 4.69) is 32.6 Å². The van der Waals surface area contributed by atoms with Crippen LogP contribution in [-0.4, -0.2) is 30.6 Å². The molecule has 1 aliphatic rings. The minimum Gasteiger partial charge on any atom is -0.330 e. The zero-order chi connectivity index (χ0) is 13.5. The lowest BCUT2D eigenvalue weighted by atomic mass is 9.94. The lowest BCUT2D eigenvalue weighted by molar-refractivity contribution is 0.223. The van der Waals surface area contributed by atoms with Crippen molar-refractivity contribution in [3.05, 3.63) is 0 Å². The van der Waals surface area contributed by atoms with Gasteiger partial charge in [0.05, 0.1) is 0 Å². The van der Waals surface area contributed by atoms with Crippen molar-refractivity contribution in [1.29, 1.82) is 0 Å². The average molecular weight is 254 g/mol. The van der Waals surface area contributed by atoms with Crippen LogP contribution in [0, 0.1) is 17.8 Å². The second kappa shape index (κ2) is 8.16. The largest absolute Gasteiger partial charge is 0.330 e. The summed E-state index contributed by atoms with van der Waals surface area (Å²) >= 11 is 0. The molecule has 0 saturated heterocycles. The molecule has 0 heterocycles. The van der Waals surface area contributed by atoms with Crippen LogP contribution >= 0.6 is 0 Å². The second-order valence-corrected chi connectivity index (χ2v) is 6.97. The third kappa shape index (κ3) is 6.75. The standard InChI is InChI=1S/C16H34N2/c1-13(2)7-9-18(16-5-6-16)10-8-15(12-17)11-14(3)4/h13-16H,5-12,17H2,1-4H3. The first-order valence-corrected chi connectivity index (χ1v) is 7.97. The third-order valence-electron chi connectivity index (χ3n) is 4.02. The van der Waals surface area contributed by atoms with Crippen molar-refractivity contribution < 1.29 is 0 Å². The van der Waals surface area contributed by atoms with E-state index in [9.17, 15) is 0 Å². The number of nitrogens with zero attached hydrogens (tertiary/aromatic N) is 1. The summed E-state index contributed by atoms with van der Waals surface area (Å²) in [5, 5.41) is 0. The zero-order valence-electron chi connectivity index (χ0n) is 13.0. The van der Waals surface area contributed by atoms with Crippen LogP contribution in [0.4, 0.5) is 0 Å². The maximum atomic E-state index is 5.90. The van der Waals surface area contributed by atoms with Gasteiger partial charge in [-0.15, -0.1) is 0 Å². The Morgan fingerprint density at radius 3 is 2.06 bits per heavy atom. The third-order valence-corrected chi connectivity index (χ3v) is 4.02. The van der Waals surface area contributed by atoms with Crippen LogP contribution in [0.3, 0.4) is 0 Å². The molecule has 1 fully saturated rings. The van der Waals surface area contributed by atoms with Crippen molar-refractivity contribution in [1.82, 2.24) is 4.90 Å². The molecule has 2 heteroatoms. The smallest absolute Gasteiger partial charge is 0.00964 e. The normalized spacial score (nSPS) is 18.0. The van der Waals surface area contributed by atoms with Gasteiger partial charge in [-0.2, -0.15) is 0 Å². The van der Waals surface area contributed by atoms with Gasteiger partial charge in [-0.05, 0) is 69.5 Å². The summed E-state index contributed by atoms with van der Waals surface area (Å²) in [7, 11) is 0. The summed E-state index contributed by atoms with van der Waals surface area (Å²) in [6.07, 6.45) is 6.78. The summed E-state index contributed by atoms with van der Waals surface area (Å²) in [5.41, 5.74) is 5.90. The molecule has 0 aliphatic heterocycles. The molecule has 0 radical (unpaired) electrons. The van der Waals surface area contributed by atoms with Gasteiger partial charge in [-0.3, -0.25) is 0 Å². The van der Waals surface area contributed by atoms with E-state index < -0.39 is 0 Å². The fourth-order valence-corrected chi connectivity index (χ4v) is 2.69. The Hall–Kier alpha value is -0.0800. The summed E-state index contributed by atoms with van der Waals surface area (Å²) in [4.78, 5) is 2.73. The van der Waals surface area contributed by atoms with E-state index in [1.807, 2.05) is 0 Å². The number of rotatable bonds is 10. The first-order valence-electron chi connectivity index (χ1n) is 7.97. The highest BCUT2D eigenvalue weighted by Gasteiger charge is 2.28. The molecule has 2 N–H and O–H groups in total. The molecule has 1 aliphatic carbocycles. The molecular formula is C16H34N2. The lowest BCUT2D eigenvalue weighted by Crippen LogP contribution is -2.31. The van der Waals surface area contributed by atoms with Crippen molar-refractivity contribution in [2.45, 2.75) is 65.8 Å². The summed E-state index contributed by atoms with van der Waals surface area (Å²) in [6.45, 7) is 12.7. The predicted molar refractivity (Wildman–Crippen MR) is 80.7 cm³/mol. The van der Waals surface area contributed by atoms with Crippen LogP contribution in [0.15, 0.2) is 0 Å². The molecule has 0 aromatic rings. The predicted octanol–water partition coefficient (Wildman–Crippen LogP) is 3.51. The Balaban J connectivity index is 2.27. The van der Waals surface area contributed by atoms with Crippen LogP contribution in [-0.2, 0) is 0 Å². The van der Waals surface area contributed by atoms with Gasteiger partial charge in [-0.25, -0.2) is 0 Å². The Bertz CT molecular complexity index is 209. The van der Waals surface area contributed by atoms with Crippen LogP contribution in [0.1, 0.15) is 59.8 Å². The van der Waals surface area contributed by atoms with Crippen molar-refractivity contribution in [2.24, 2.45) is 23.5 Å². The Kier molecular flexibility index (Phi) is 7.25. The van der Waals surface area contributed by atoms with Gasteiger partial charge < -0.3 is 10.6 Å². The van der Waals surface area contributed by atoms with E-state index in [-0.39, 0.29) is 0 Å². The molecule has 0 bridgehead atoms. The molecule has 1 saturated carbocycles. The topological polar surface area (TPSA) is 29.3 Å². The van der Waals surface area contributed by atoms with E-state index >= 15 is 0 Å². The Labute approximate surface area is 114 Å². The van der Waals surface area contributed by atoms with Gasteiger partial charge in [0.1, 0.15) is 0 Å². The van der Waals surface area contributed by atoms with Gasteiger partial charge in [0.15, 0.2) is 0 Å². The molecular weight excluding hydrogens is 220 g/mol. The first-order chi connectivity index (χ1) is 8.52. The Morgan fingerprint density at radius 1 is 1.00 bits per heavy atom. The van der Waals surface area contributed by atoms with Crippen LogP contribution in [0.25, 0.3) is 0 Å². The second-order valence-electron chi connectivity index (χ2n) is 6.97. The Morgan fingerprint density at radius 2 is 1.61 bits per heavy atom. The molecule has 0 amide bonds. The maximum Gasteiger partial charge on any atom is 0.00964 e. The molecule has 1 unspecified atom stereocenters. The summed E-state index contributed by atoms with van der Waals surface area (Å²) in [5.74, 6) is 2.33. The zero-order valence-corrected chi connectivity index (χ0v) is 13.0. The highest BCUT2D eigenvalue weighted by molar-refractivity contribution is 4.85. The fraction of sp³-hybridized carbons (Fsp3) is 1.00. The minimum atomic E-state index is 0.727. The van der Waals surface area contributed by atoms with E-state index in [4.69, 9.17) is 5.73 Å². The molecule has 1 rings (SSSR count).